The molecule has 0 radical (unpaired) electrons. The molecule has 1 heterocycles. The van der Waals surface area contributed by atoms with Crippen molar-refractivity contribution in [2.24, 2.45) is 0 Å². The van der Waals surface area contributed by atoms with E-state index in [1.165, 1.54) is 30.5 Å². The Bertz CT molecular complexity index is 1180. The second-order valence-electron chi connectivity index (χ2n) is 7.77. The number of amides is 1. The van der Waals surface area contributed by atoms with Gasteiger partial charge in [-0.1, -0.05) is 12.1 Å². The van der Waals surface area contributed by atoms with Gasteiger partial charge in [0, 0.05) is 10.9 Å². The number of carbonyl (C=O) groups is 2. The van der Waals surface area contributed by atoms with Crippen molar-refractivity contribution in [3.8, 4) is 0 Å². The van der Waals surface area contributed by atoms with E-state index in [0.717, 1.165) is 11.3 Å². The molecule has 0 aliphatic rings. The average Bonchev–Trinajstić information content (AvgIpc) is 3.04. The van der Waals surface area contributed by atoms with E-state index in [1.807, 2.05) is 0 Å². The van der Waals surface area contributed by atoms with E-state index in [-0.39, 0.29) is 20.9 Å². The molecule has 0 spiro atoms. The number of nitro benzene ring substituents is 1. The molecule has 33 heavy (non-hydrogen) atoms. The number of hydrogen-bond donors (Lipinski definition) is 3. The summed E-state index contributed by atoms with van der Waals surface area (Å²) in [7, 11) is -4.70. The molecule has 1 amide bonds. The van der Waals surface area contributed by atoms with Crippen LogP contribution in [0, 0.1) is 17.0 Å². The Labute approximate surface area is 201 Å². The number of anilines is 1. The third-order valence-corrected chi connectivity index (χ3v) is 7.44. The van der Waals surface area contributed by atoms with E-state index < -0.39 is 49.6 Å². The van der Waals surface area contributed by atoms with Crippen LogP contribution >= 0.6 is 27.3 Å². The average molecular weight is 565 g/mol. The number of thiazole rings is 1. The normalized spacial score (nSPS) is 13.6. The molecule has 180 valence electrons. The highest BCUT2D eigenvalue weighted by Crippen LogP contribution is 2.35. The van der Waals surface area contributed by atoms with Gasteiger partial charge in [-0.05, 0) is 49.7 Å². The molecular weight excluding hydrogens is 544 g/mol. The van der Waals surface area contributed by atoms with E-state index in [2.05, 4.69) is 31.0 Å². The Morgan fingerprint density at radius 2 is 1.97 bits per heavy atom. The number of carboxylic acid groups (broad SMARTS) is 1. The number of ether oxygens (including phenoxy) is 1. The largest absolute Gasteiger partial charge is 0.480 e. The van der Waals surface area contributed by atoms with Crippen LogP contribution in [0.5, 0.6) is 0 Å². The number of aryl methyl sites for hydroxylation is 1. The number of hydrogen-bond acceptors (Lipinski definition) is 9. The molecular formula is C18H21BrN4O8S2. The highest BCUT2D eigenvalue weighted by atomic mass is 79.9. The molecule has 0 aliphatic heterocycles. The summed E-state index contributed by atoms with van der Waals surface area (Å²) < 4.78 is 34.1. The lowest BCUT2D eigenvalue weighted by Crippen LogP contribution is -2.49. The number of benzene rings is 1. The van der Waals surface area contributed by atoms with Crippen molar-refractivity contribution in [2.45, 2.75) is 44.6 Å². The van der Waals surface area contributed by atoms with Gasteiger partial charge in [0.25, 0.3) is 5.69 Å². The zero-order chi connectivity index (χ0) is 25.1. The number of para-hydroxylation sites is 1. The molecule has 0 aliphatic carbocycles. The fourth-order valence-corrected chi connectivity index (χ4v) is 6.04. The molecule has 2 rings (SSSR count). The van der Waals surface area contributed by atoms with E-state index in [4.69, 9.17) is 4.74 Å². The Morgan fingerprint density at radius 1 is 1.33 bits per heavy atom. The van der Waals surface area contributed by atoms with E-state index >= 15 is 0 Å². The van der Waals surface area contributed by atoms with Gasteiger partial charge in [0.05, 0.1) is 4.92 Å². The van der Waals surface area contributed by atoms with E-state index in [1.54, 1.807) is 20.8 Å². The lowest BCUT2D eigenvalue weighted by atomic mass is 10.2. The molecule has 2 atom stereocenters. The third-order valence-electron chi connectivity index (χ3n) is 3.99. The van der Waals surface area contributed by atoms with Gasteiger partial charge in [-0.15, -0.1) is 11.3 Å². The molecule has 0 saturated heterocycles. The molecule has 3 N–H and O–H groups in total. The van der Waals surface area contributed by atoms with E-state index in [9.17, 15) is 33.2 Å². The van der Waals surface area contributed by atoms with Crippen molar-refractivity contribution in [2.75, 3.05) is 4.72 Å². The second-order valence-corrected chi connectivity index (χ2v) is 11.3. The Hall–Kier alpha value is -2.78. The summed E-state index contributed by atoms with van der Waals surface area (Å²) in [5.74, 6) is -1.68. The lowest BCUT2D eigenvalue weighted by Gasteiger charge is -2.26. The first-order chi connectivity index (χ1) is 15.1. The van der Waals surface area contributed by atoms with Crippen LogP contribution in [0.25, 0.3) is 0 Å². The number of sulfonamides is 1. The predicted molar refractivity (Wildman–Crippen MR) is 124 cm³/mol. The predicted octanol–water partition coefficient (Wildman–Crippen LogP) is 3.58. The van der Waals surface area contributed by atoms with Gasteiger partial charge in [-0.25, -0.2) is 23.0 Å². The molecule has 1 aromatic carbocycles. The maximum Gasteiger partial charge on any atom is 0.408 e. The zero-order valence-electron chi connectivity index (χ0n) is 17.9. The summed E-state index contributed by atoms with van der Waals surface area (Å²) in [6, 6.07) is 1.98. The number of rotatable bonds is 8. The van der Waals surface area contributed by atoms with Crippen LogP contribution in [0.4, 0.5) is 16.2 Å². The van der Waals surface area contributed by atoms with Crippen LogP contribution in [0.3, 0.4) is 0 Å². The number of halogens is 1. The zero-order valence-corrected chi connectivity index (χ0v) is 21.1. The van der Waals surface area contributed by atoms with Crippen LogP contribution in [-0.4, -0.2) is 47.1 Å². The monoisotopic (exact) mass is 564 g/mol. The number of aromatic nitrogens is 1. The van der Waals surface area contributed by atoms with Crippen LogP contribution in [-0.2, 0) is 19.6 Å². The molecule has 2 aromatic rings. The van der Waals surface area contributed by atoms with Crippen molar-refractivity contribution < 1.29 is 32.8 Å². The molecule has 1 aromatic heterocycles. The topological polar surface area (TPSA) is 178 Å². The Morgan fingerprint density at radius 3 is 2.45 bits per heavy atom. The molecule has 0 unspecified atom stereocenters. The van der Waals surface area contributed by atoms with E-state index in [0.29, 0.717) is 0 Å². The maximum absolute atomic E-state index is 13.4. The number of nitrogens with zero attached hydrogens (tertiary/aromatic N) is 2. The molecule has 15 heteroatoms. The fourth-order valence-electron chi connectivity index (χ4n) is 2.75. The highest BCUT2D eigenvalue weighted by molar-refractivity contribution is 9.10. The van der Waals surface area contributed by atoms with Gasteiger partial charge in [0.1, 0.15) is 20.9 Å². The molecule has 0 bridgehead atoms. The van der Waals surface area contributed by atoms with Gasteiger partial charge in [0.15, 0.2) is 11.3 Å². The quantitative estimate of drug-likeness (QED) is 0.319. The minimum atomic E-state index is -4.70. The third kappa shape index (κ3) is 6.85. The van der Waals surface area contributed by atoms with Crippen molar-refractivity contribution in [1.29, 1.82) is 0 Å². The molecule has 0 fully saturated rings. The first-order valence-corrected chi connectivity index (χ1v) is 12.4. The minimum Gasteiger partial charge on any atom is -0.480 e. The first kappa shape index (κ1) is 26.5. The number of aliphatic carboxylic acids is 1. The number of carbonyl (C=O) groups excluding carboxylic acids is 1. The van der Waals surface area contributed by atoms with Crippen LogP contribution in [0.1, 0.15) is 36.6 Å². The lowest BCUT2D eigenvalue weighted by molar-refractivity contribution is -0.384. The van der Waals surface area contributed by atoms with Gasteiger partial charge < -0.3 is 15.2 Å². The highest BCUT2D eigenvalue weighted by Gasteiger charge is 2.44. The number of alkyl carbamates (subject to hydrolysis) is 1. The molecule has 12 nitrogen and oxygen atoms in total. The van der Waals surface area contributed by atoms with Gasteiger partial charge in [-0.2, -0.15) is 0 Å². The van der Waals surface area contributed by atoms with Crippen LogP contribution in [0.15, 0.2) is 28.2 Å². The van der Waals surface area contributed by atoms with Crippen molar-refractivity contribution in [3.63, 3.8) is 0 Å². The summed E-state index contributed by atoms with van der Waals surface area (Å²) in [5.41, 5.74) is -1.64. The second kappa shape index (κ2) is 10.0. The van der Waals surface area contributed by atoms with Gasteiger partial charge in [0.2, 0.25) is 10.0 Å². The first-order valence-electron chi connectivity index (χ1n) is 9.21. The Balaban J connectivity index is 2.57. The summed E-state index contributed by atoms with van der Waals surface area (Å²) in [5, 5.41) is 22.6. The smallest absolute Gasteiger partial charge is 0.408 e. The number of nitrogens with one attached hydrogen (secondary N) is 2. The number of nitro groups is 1. The standard InChI is InChI=1S/C18H21BrN4O8S2/c1-9-6-5-7-10(13(9)23(27)28)22-33(29,30)14(15-20-11(19)8-32-15)12(16(24)25)21-17(26)31-18(2,3)4/h5-8,12,14,22H,1-4H3,(H,21,26)(H,24,25)/t12-,14+/m1/s1. The van der Waals surface area contributed by atoms with Gasteiger partial charge in [-0.3, -0.25) is 14.8 Å². The number of carboxylic acids is 1. The van der Waals surface area contributed by atoms with Gasteiger partial charge >= 0.3 is 12.1 Å². The summed E-state index contributed by atoms with van der Waals surface area (Å²) >= 11 is 3.91. The van der Waals surface area contributed by atoms with Crippen LogP contribution in [0.2, 0.25) is 0 Å². The maximum atomic E-state index is 13.4. The SMILES string of the molecule is Cc1cccc(NS(=O)(=O)[C@H](c2nc(Br)cs2)[C@@H](NC(=O)OC(C)(C)C)C(=O)O)c1[N+](=O)[O-]. The minimum absolute atomic E-state index is 0.173. The summed E-state index contributed by atoms with van der Waals surface area (Å²) in [4.78, 5) is 39.0. The van der Waals surface area contributed by atoms with Crippen molar-refractivity contribution in [3.05, 3.63) is 48.9 Å². The fraction of sp³-hybridized carbons (Fsp3) is 0.389. The summed E-state index contributed by atoms with van der Waals surface area (Å²) in [6.07, 6.45) is -1.16. The van der Waals surface area contributed by atoms with Crippen molar-refractivity contribution >= 4 is 60.7 Å². The Kier molecular flexibility index (Phi) is 8.03. The molecule has 0 saturated carbocycles. The van der Waals surface area contributed by atoms with Crippen molar-refractivity contribution in [1.82, 2.24) is 10.3 Å². The summed E-state index contributed by atoms with van der Waals surface area (Å²) in [6.45, 7) is 6.07. The van der Waals surface area contributed by atoms with Crippen LogP contribution < -0.4 is 10.0 Å².